The van der Waals surface area contributed by atoms with Crippen molar-refractivity contribution in [1.29, 1.82) is 0 Å². The third kappa shape index (κ3) is 5.38. The number of hydrogen-bond donors (Lipinski definition) is 2. The summed E-state index contributed by atoms with van der Waals surface area (Å²) in [4.78, 5) is 23.5. The van der Waals surface area contributed by atoms with Crippen molar-refractivity contribution < 1.29 is 23.5 Å². The lowest BCUT2D eigenvalue weighted by Crippen LogP contribution is -2.42. The molecule has 2 aromatic rings. The van der Waals surface area contributed by atoms with Crippen LogP contribution in [0.15, 0.2) is 48.5 Å². The quantitative estimate of drug-likeness (QED) is 0.808. The van der Waals surface area contributed by atoms with Gasteiger partial charge in [-0.25, -0.2) is 13.6 Å². The van der Waals surface area contributed by atoms with Crippen LogP contribution in [0.4, 0.5) is 8.78 Å². The maximum atomic E-state index is 13.8. The van der Waals surface area contributed by atoms with Crippen molar-refractivity contribution in [3.05, 3.63) is 71.3 Å². The summed E-state index contributed by atoms with van der Waals surface area (Å²) >= 11 is 0. The van der Waals surface area contributed by atoms with Gasteiger partial charge in [0, 0.05) is 18.9 Å². The summed E-state index contributed by atoms with van der Waals surface area (Å²) in [7, 11) is 0. The van der Waals surface area contributed by atoms with Gasteiger partial charge in [0.25, 0.3) is 0 Å². The zero-order valence-electron chi connectivity index (χ0n) is 13.7. The highest BCUT2D eigenvalue weighted by atomic mass is 19.1. The smallest absolute Gasteiger partial charge is 0.326 e. The van der Waals surface area contributed by atoms with Crippen molar-refractivity contribution in [2.75, 3.05) is 0 Å². The lowest BCUT2D eigenvalue weighted by molar-refractivity contribution is -0.141. The van der Waals surface area contributed by atoms with E-state index in [9.17, 15) is 23.5 Å². The molecule has 1 amide bonds. The molecule has 0 bridgehead atoms. The lowest BCUT2D eigenvalue weighted by atomic mass is 9.96. The van der Waals surface area contributed by atoms with Crippen molar-refractivity contribution in [2.24, 2.45) is 0 Å². The highest BCUT2D eigenvalue weighted by Gasteiger charge is 2.22. The van der Waals surface area contributed by atoms with E-state index in [0.29, 0.717) is 0 Å². The minimum atomic E-state index is -1.14. The molecule has 0 radical (unpaired) electrons. The standard InChI is InChI=1S/C19H19F2NO3/c1-12(15-8-7-14(20)11-16(15)21)9-18(23)22-17(19(24)25)10-13-5-3-2-4-6-13/h2-8,11-12,17H,9-10H2,1H3,(H,22,23)(H,24,25)/t12?,17-/m1/s1. The normalized spacial score (nSPS) is 13.1. The van der Waals surface area contributed by atoms with Gasteiger partial charge < -0.3 is 10.4 Å². The highest BCUT2D eigenvalue weighted by Crippen LogP contribution is 2.22. The Labute approximate surface area is 144 Å². The van der Waals surface area contributed by atoms with Crippen LogP contribution in [0.5, 0.6) is 0 Å². The van der Waals surface area contributed by atoms with Gasteiger partial charge in [0.05, 0.1) is 0 Å². The number of benzene rings is 2. The second-order valence-corrected chi connectivity index (χ2v) is 5.92. The molecule has 2 rings (SSSR count). The van der Waals surface area contributed by atoms with Crippen molar-refractivity contribution in [1.82, 2.24) is 5.32 Å². The SMILES string of the molecule is CC(CC(=O)N[C@H](Cc1ccccc1)C(=O)O)c1ccc(F)cc1F. The molecule has 2 N–H and O–H groups in total. The maximum Gasteiger partial charge on any atom is 0.326 e. The molecule has 0 aliphatic carbocycles. The van der Waals surface area contributed by atoms with Gasteiger partial charge in [-0.2, -0.15) is 0 Å². The maximum absolute atomic E-state index is 13.8. The second-order valence-electron chi connectivity index (χ2n) is 5.92. The van der Waals surface area contributed by atoms with Crippen molar-refractivity contribution in [2.45, 2.75) is 31.7 Å². The summed E-state index contributed by atoms with van der Waals surface area (Å²) in [5.74, 6) is -3.56. The van der Waals surface area contributed by atoms with Crippen LogP contribution in [0, 0.1) is 11.6 Å². The minimum absolute atomic E-state index is 0.0961. The Bertz CT molecular complexity index is 750. The van der Waals surface area contributed by atoms with Crippen LogP contribution < -0.4 is 5.32 Å². The molecule has 6 heteroatoms. The molecule has 2 aromatic carbocycles. The van der Waals surface area contributed by atoms with Gasteiger partial charge >= 0.3 is 5.97 Å². The lowest BCUT2D eigenvalue weighted by Gasteiger charge is -2.17. The number of rotatable bonds is 7. The third-order valence-electron chi connectivity index (χ3n) is 3.90. The van der Waals surface area contributed by atoms with E-state index >= 15 is 0 Å². The second kappa shape index (κ2) is 8.37. The number of aliphatic carboxylic acids is 1. The predicted octanol–water partition coefficient (Wildman–Crippen LogP) is 3.27. The van der Waals surface area contributed by atoms with Gasteiger partial charge in [0.2, 0.25) is 5.91 Å². The first-order valence-electron chi connectivity index (χ1n) is 7.88. The van der Waals surface area contributed by atoms with E-state index in [0.717, 1.165) is 17.7 Å². The van der Waals surface area contributed by atoms with Crippen LogP contribution in [0.2, 0.25) is 0 Å². The summed E-state index contributed by atoms with van der Waals surface area (Å²) < 4.78 is 26.7. The minimum Gasteiger partial charge on any atom is -0.480 e. The molecular weight excluding hydrogens is 328 g/mol. The number of hydrogen-bond acceptors (Lipinski definition) is 2. The molecule has 0 fully saturated rings. The molecule has 0 aliphatic heterocycles. The Balaban J connectivity index is 2.00. The van der Waals surface area contributed by atoms with Crippen molar-refractivity contribution in [3.63, 3.8) is 0 Å². The molecule has 0 saturated carbocycles. The molecule has 4 nitrogen and oxygen atoms in total. The molecule has 25 heavy (non-hydrogen) atoms. The van der Waals surface area contributed by atoms with Crippen molar-refractivity contribution in [3.8, 4) is 0 Å². The van der Waals surface area contributed by atoms with E-state index in [-0.39, 0.29) is 18.4 Å². The number of carboxylic acids is 1. The first kappa shape index (κ1) is 18.6. The summed E-state index contributed by atoms with van der Waals surface area (Å²) in [6.07, 6.45) is 0.0579. The van der Waals surface area contributed by atoms with E-state index in [1.54, 1.807) is 31.2 Å². The molecule has 132 valence electrons. The predicted molar refractivity (Wildman–Crippen MR) is 89.1 cm³/mol. The Kier molecular flexibility index (Phi) is 6.22. The Hall–Kier alpha value is -2.76. The fourth-order valence-corrected chi connectivity index (χ4v) is 2.59. The van der Waals surface area contributed by atoms with Crippen LogP contribution in [0.1, 0.15) is 30.4 Å². The van der Waals surface area contributed by atoms with Gasteiger partial charge in [0.15, 0.2) is 0 Å². The monoisotopic (exact) mass is 347 g/mol. The fourth-order valence-electron chi connectivity index (χ4n) is 2.59. The van der Waals surface area contributed by atoms with E-state index in [1.165, 1.54) is 6.07 Å². The molecular formula is C19H19F2NO3. The topological polar surface area (TPSA) is 66.4 Å². The largest absolute Gasteiger partial charge is 0.480 e. The Morgan fingerprint density at radius 1 is 1.12 bits per heavy atom. The summed E-state index contributed by atoms with van der Waals surface area (Å²) in [5.41, 5.74) is 0.999. The molecule has 0 heterocycles. The van der Waals surface area contributed by atoms with E-state index in [4.69, 9.17) is 0 Å². The number of amides is 1. The molecule has 0 aliphatic rings. The molecule has 1 unspecified atom stereocenters. The Morgan fingerprint density at radius 3 is 2.40 bits per heavy atom. The number of carboxylic acid groups (broad SMARTS) is 1. The van der Waals surface area contributed by atoms with E-state index in [2.05, 4.69) is 5.32 Å². The average molecular weight is 347 g/mol. The van der Waals surface area contributed by atoms with Crippen LogP contribution in [-0.4, -0.2) is 23.0 Å². The summed E-state index contributed by atoms with van der Waals surface area (Å²) in [6.45, 7) is 1.63. The summed E-state index contributed by atoms with van der Waals surface area (Å²) in [5, 5.41) is 11.8. The molecule has 0 saturated heterocycles. The van der Waals surface area contributed by atoms with Gasteiger partial charge in [0.1, 0.15) is 17.7 Å². The summed E-state index contributed by atoms with van der Waals surface area (Å²) in [6, 6.07) is 11.1. The van der Waals surface area contributed by atoms with E-state index < -0.39 is 35.5 Å². The first-order chi connectivity index (χ1) is 11.9. The number of carbonyl (C=O) groups is 2. The number of halogens is 2. The van der Waals surface area contributed by atoms with Gasteiger partial charge in [-0.15, -0.1) is 0 Å². The zero-order chi connectivity index (χ0) is 18.4. The van der Waals surface area contributed by atoms with Crippen LogP contribution in [-0.2, 0) is 16.0 Å². The van der Waals surface area contributed by atoms with Crippen LogP contribution >= 0.6 is 0 Å². The average Bonchev–Trinajstić information content (AvgIpc) is 2.54. The van der Waals surface area contributed by atoms with Gasteiger partial charge in [-0.3, -0.25) is 4.79 Å². The highest BCUT2D eigenvalue weighted by molar-refractivity contribution is 5.84. The zero-order valence-corrected chi connectivity index (χ0v) is 13.7. The molecule has 0 aromatic heterocycles. The number of carbonyl (C=O) groups excluding carboxylic acids is 1. The molecule has 0 spiro atoms. The Morgan fingerprint density at radius 2 is 1.80 bits per heavy atom. The third-order valence-corrected chi connectivity index (χ3v) is 3.90. The fraction of sp³-hybridized carbons (Fsp3) is 0.263. The first-order valence-corrected chi connectivity index (χ1v) is 7.88. The van der Waals surface area contributed by atoms with Gasteiger partial charge in [-0.1, -0.05) is 43.3 Å². The number of nitrogens with one attached hydrogen (secondary N) is 1. The van der Waals surface area contributed by atoms with Crippen LogP contribution in [0.3, 0.4) is 0 Å². The van der Waals surface area contributed by atoms with Gasteiger partial charge in [-0.05, 0) is 23.1 Å². The van der Waals surface area contributed by atoms with Crippen molar-refractivity contribution >= 4 is 11.9 Å². The van der Waals surface area contributed by atoms with Crippen LogP contribution in [0.25, 0.3) is 0 Å². The molecule has 2 atom stereocenters. The van der Waals surface area contributed by atoms with E-state index in [1.807, 2.05) is 6.07 Å².